The lowest BCUT2D eigenvalue weighted by Crippen LogP contribution is -2.61. The lowest BCUT2D eigenvalue weighted by Gasteiger charge is -2.43. The normalized spacial score (nSPS) is 22.5. The van der Waals surface area contributed by atoms with Gasteiger partial charge in [0.25, 0.3) is 0 Å². The van der Waals surface area contributed by atoms with Crippen molar-refractivity contribution in [1.82, 2.24) is 20.2 Å². The molecule has 2 fully saturated rings. The summed E-state index contributed by atoms with van der Waals surface area (Å²) in [7, 11) is 0. The van der Waals surface area contributed by atoms with E-state index in [4.69, 9.17) is 11.6 Å². The van der Waals surface area contributed by atoms with Crippen molar-refractivity contribution in [2.45, 2.75) is 6.04 Å². The molecule has 2 aliphatic rings. The Morgan fingerprint density at radius 2 is 1.94 bits per heavy atom. The summed E-state index contributed by atoms with van der Waals surface area (Å²) in [6.45, 7) is 6.48. The molecule has 1 aromatic heterocycles. The molecule has 5 nitrogen and oxygen atoms in total. The molecule has 0 amide bonds. The Kier molecular flexibility index (Phi) is 3.13. The Morgan fingerprint density at radius 1 is 1.18 bits per heavy atom. The molecule has 0 aromatic carbocycles. The molecule has 0 aliphatic carbocycles. The molecule has 0 atom stereocenters. The third-order valence-corrected chi connectivity index (χ3v) is 3.69. The van der Waals surface area contributed by atoms with E-state index in [1.807, 2.05) is 0 Å². The van der Waals surface area contributed by atoms with Crippen molar-refractivity contribution in [1.29, 1.82) is 0 Å². The van der Waals surface area contributed by atoms with Crippen molar-refractivity contribution in [3.8, 4) is 0 Å². The smallest absolute Gasteiger partial charge is 0.149 e. The van der Waals surface area contributed by atoms with Crippen molar-refractivity contribution < 1.29 is 0 Å². The topological polar surface area (TPSA) is 44.3 Å². The predicted molar refractivity (Wildman–Crippen MR) is 67.5 cm³/mol. The second-order valence-electron chi connectivity index (χ2n) is 4.54. The molecule has 0 spiro atoms. The Morgan fingerprint density at radius 3 is 2.53 bits per heavy atom. The highest BCUT2D eigenvalue weighted by Crippen LogP contribution is 2.16. The van der Waals surface area contributed by atoms with Gasteiger partial charge in [0.05, 0.1) is 12.4 Å². The van der Waals surface area contributed by atoms with Gasteiger partial charge in [-0.25, -0.2) is 4.98 Å². The fraction of sp³-hybridized carbons (Fsp3) is 0.636. The van der Waals surface area contributed by atoms with Crippen LogP contribution in [0.25, 0.3) is 0 Å². The van der Waals surface area contributed by atoms with Gasteiger partial charge in [-0.3, -0.25) is 9.88 Å². The minimum Gasteiger partial charge on any atom is -0.353 e. The van der Waals surface area contributed by atoms with Crippen LogP contribution in [-0.2, 0) is 0 Å². The SMILES string of the molecule is Clc1cncc(N2CCN(C3CNC3)CC2)n1. The molecule has 2 saturated heterocycles. The van der Waals surface area contributed by atoms with Crippen LogP contribution in [0.1, 0.15) is 0 Å². The minimum atomic E-state index is 0.466. The van der Waals surface area contributed by atoms with E-state index in [1.165, 1.54) is 0 Å². The summed E-state index contributed by atoms with van der Waals surface area (Å²) < 4.78 is 0. The number of hydrogen-bond acceptors (Lipinski definition) is 5. The van der Waals surface area contributed by atoms with E-state index < -0.39 is 0 Å². The van der Waals surface area contributed by atoms with Gasteiger partial charge in [0.15, 0.2) is 0 Å². The molecular weight excluding hydrogens is 238 g/mol. The molecule has 1 N–H and O–H groups in total. The summed E-state index contributed by atoms with van der Waals surface area (Å²) >= 11 is 5.86. The summed E-state index contributed by atoms with van der Waals surface area (Å²) in [5, 5.41) is 3.78. The highest BCUT2D eigenvalue weighted by molar-refractivity contribution is 6.29. The fourth-order valence-electron chi connectivity index (χ4n) is 2.33. The average molecular weight is 254 g/mol. The number of aromatic nitrogens is 2. The number of nitrogens with zero attached hydrogens (tertiary/aromatic N) is 4. The molecule has 0 saturated carbocycles. The van der Waals surface area contributed by atoms with Gasteiger partial charge in [-0.2, -0.15) is 0 Å². The van der Waals surface area contributed by atoms with Crippen LogP contribution in [0, 0.1) is 0 Å². The van der Waals surface area contributed by atoms with E-state index in [9.17, 15) is 0 Å². The van der Waals surface area contributed by atoms with Crippen molar-refractivity contribution in [2.24, 2.45) is 0 Å². The maximum absolute atomic E-state index is 5.86. The Balaban J connectivity index is 1.60. The molecular formula is C11H16ClN5. The van der Waals surface area contributed by atoms with Crippen LogP contribution in [0.2, 0.25) is 5.15 Å². The van der Waals surface area contributed by atoms with E-state index in [-0.39, 0.29) is 0 Å². The van der Waals surface area contributed by atoms with E-state index in [0.717, 1.165) is 51.1 Å². The molecule has 17 heavy (non-hydrogen) atoms. The summed E-state index contributed by atoms with van der Waals surface area (Å²) in [5.74, 6) is 0.892. The third kappa shape index (κ3) is 2.36. The van der Waals surface area contributed by atoms with Gasteiger partial charge in [0.2, 0.25) is 0 Å². The lowest BCUT2D eigenvalue weighted by molar-refractivity contribution is 0.137. The summed E-state index contributed by atoms with van der Waals surface area (Å²) in [6.07, 6.45) is 3.35. The monoisotopic (exact) mass is 253 g/mol. The van der Waals surface area contributed by atoms with Gasteiger partial charge in [0.1, 0.15) is 11.0 Å². The average Bonchev–Trinajstić information content (AvgIpc) is 2.28. The van der Waals surface area contributed by atoms with Crippen LogP contribution in [0.3, 0.4) is 0 Å². The molecule has 92 valence electrons. The lowest BCUT2D eigenvalue weighted by atomic mass is 10.1. The molecule has 6 heteroatoms. The number of rotatable bonds is 2. The number of piperazine rings is 1. The maximum Gasteiger partial charge on any atom is 0.149 e. The fourth-order valence-corrected chi connectivity index (χ4v) is 2.48. The molecule has 3 heterocycles. The van der Waals surface area contributed by atoms with Gasteiger partial charge in [-0.1, -0.05) is 11.6 Å². The van der Waals surface area contributed by atoms with E-state index >= 15 is 0 Å². The molecule has 0 unspecified atom stereocenters. The van der Waals surface area contributed by atoms with Crippen LogP contribution in [0.5, 0.6) is 0 Å². The third-order valence-electron chi connectivity index (χ3n) is 3.51. The van der Waals surface area contributed by atoms with Crippen molar-refractivity contribution in [3.05, 3.63) is 17.5 Å². The Bertz CT molecular complexity index is 387. The largest absolute Gasteiger partial charge is 0.353 e. The second-order valence-corrected chi connectivity index (χ2v) is 4.92. The number of hydrogen-bond donors (Lipinski definition) is 1. The highest BCUT2D eigenvalue weighted by Gasteiger charge is 2.28. The van der Waals surface area contributed by atoms with Gasteiger partial charge >= 0.3 is 0 Å². The highest BCUT2D eigenvalue weighted by atomic mass is 35.5. The van der Waals surface area contributed by atoms with E-state index in [1.54, 1.807) is 12.4 Å². The zero-order valence-corrected chi connectivity index (χ0v) is 10.4. The zero-order chi connectivity index (χ0) is 11.7. The van der Waals surface area contributed by atoms with E-state index in [0.29, 0.717) is 5.15 Å². The van der Waals surface area contributed by atoms with Crippen molar-refractivity contribution in [3.63, 3.8) is 0 Å². The van der Waals surface area contributed by atoms with Crippen molar-refractivity contribution in [2.75, 3.05) is 44.2 Å². The number of halogens is 1. The predicted octanol–water partition coefficient (Wildman–Crippen LogP) is 0.224. The summed E-state index contributed by atoms with van der Waals surface area (Å²) in [5.41, 5.74) is 0. The van der Waals surface area contributed by atoms with Crippen LogP contribution >= 0.6 is 11.6 Å². The number of anilines is 1. The van der Waals surface area contributed by atoms with Crippen LogP contribution in [-0.4, -0.2) is 60.2 Å². The van der Waals surface area contributed by atoms with Gasteiger partial charge in [-0.15, -0.1) is 0 Å². The molecule has 3 rings (SSSR count). The first-order chi connectivity index (χ1) is 8.33. The minimum absolute atomic E-state index is 0.466. The second kappa shape index (κ2) is 4.76. The maximum atomic E-state index is 5.86. The number of nitrogens with one attached hydrogen (secondary N) is 1. The Hall–Kier alpha value is -0.910. The van der Waals surface area contributed by atoms with Crippen LogP contribution < -0.4 is 10.2 Å². The van der Waals surface area contributed by atoms with Gasteiger partial charge in [0, 0.05) is 45.3 Å². The summed E-state index contributed by atoms with van der Waals surface area (Å²) in [6, 6.07) is 0.739. The van der Waals surface area contributed by atoms with Crippen LogP contribution in [0.4, 0.5) is 5.82 Å². The Labute approximate surface area is 106 Å². The quantitative estimate of drug-likeness (QED) is 0.817. The molecule has 0 radical (unpaired) electrons. The van der Waals surface area contributed by atoms with Gasteiger partial charge in [-0.05, 0) is 0 Å². The molecule has 2 aliphatic heterocycles. The standard InChI is InChI=1S/C11H16ClN5/c12-10-7-14-8-11(15-10)17-3-1-16(2-4-17)9-5-13-6-9/h7-9,13H,1-6H2. The zero-order valence-electron chi connectivity index (χ0n) is 9.64. The summed E-state index contributed by atoms with van der Waals surface area (Å²) in [4.78, 5) is 13.2. The first kappa shape index (κ1) is 11.2. The first-order valence-electron chi connectivity index (χ1n) is 6.00. The van der Waals surface area contributed by atoms with Gasteiger partial charge < -0.3 is 10.2 Å². The molecule has 0 bridgehead atoms. The molecule has 1 aromatic rings. The van der Waals surface area contributed by atoms with E-state index in [2.05, 4.69) is 25.1 Å². The first-order valence-corrected chi connectivity index (χ1v) is 6.38. The van der Waals surface area contributed by atoms with Crippen LogP contribution in [0.15, 0.2) is 12.4 Å². The van der Waals surface area contributed by atoms with Crippen molar-refractivity contribution >= 4 is 17.4 Å².